The van der Waals surface area contributed by atoms with Crippen LogP contribution < -0.4 is 11.3 Å². The van der Waals surface area contributed by atoms with Crippen molar-refractivity contribution >= 4 is 42.8 Å². The number of nitrogens with two attached hydrogens (primary N) is 1. The predicted octanol–water partition coefficient (Wildman–Crippen LogP) is 3.71. The lowest BCUT2D eigenvalue weighted by atomic mass is 9.99. The Balaban J connectivity index is 2.18. The van der Waals surface area contributed by atoms with E-state index in [-0.39, 0.29) is 6.04 Å². The highest BCUT2D eigenvalue weighted by atomic mass is 79.9. The smallest absolute Gasteiger partial charge is 0.0899 e. The van der Waals surface area contributed by atoms with E-state index < -0.39 is 0 Å². The van der Waals surface area contributed by atoms with Crippen molar-refractivity contribution in [2.75, 3.05) is 0 Å². The van der Waals surface area contributed by atoms with Crippen molar-refractivity contribution in [3.05, 3.63) is 69.0 Å². The van der Waals surface area contributed by atoms with Gasteiger partial charge in [0.05, 0.1) is 17.3 Å². The lowest BCUT2D eigenvalue weighted by molar-refractivity contribution is 0.621. The van der Waals surface area contributed by atoms with Crippen molar-refractivity contribution < 1.29 is 0 Å². The molecule has 0 aliphatic carbocycles. The minimum absolute atomic E-state index is 0.222. The van der Waals surface area contributed by atoms with Gasteiger partial charge in [-0.25, -0.2) is 5.43 Å². The number of fused-ring (bicyclic) bond motifs is 1. The lowest BCUT2D eigenvalue weighted by Gasteiger charge is -2.19. The van der Waals surface area contributed by atoms with Gasteiger partial charge in [0.2, 0.25) is 0 Å². The van der Waals surface area contributed by atoms with Crippen LogP contribution in [0.1, 0.15) is 17.3 Å². The molecule has 21 heavy (non-hydrogen) atoms. The molecule has 106 valence electrons. The molecule has 0 aliphatic heterocycles. The summed E-state index contributed by atoms with van der Waals surface area (Å²) >= 11 is 6.96. The first-order chi connectivity index (χ1) is 10.2. The molecule has 0 bridgehead atoms. The molecule has 4 nitrogen and oxygen atoms in total. The number of rotatable bonds is 3. The molecule has 3 N–H and O–H groups in total. The summed E-state index contributed by atoms with van der Waals surface area (Å²) in [6, 6.07) is 11.7. The Hall–Kier alpha value is -1.34. The first-order valence-electron chi connectivity index (χ1n) is 6.31. The van der Waals surface area contributed by atoms with Crippen LogP contribution in [0.4, 0.5) is 0 Å². The van der Waals surface area contributed by atoms with Crippen molar-refractivity contribution in [3.63, 3.8) is 0 Å². The highest BCUT2D eigenvalue weighted by molar-refractivity contribution is 9.11. The van der Waals surface area contributed by atoms with E-state index in [0.29, 0.717) is 0 Å². The van der Waals surface area contributed by atoms with Gasteiger partial charge in [-0.05, 0) is 55.6 Å². The Kier molecular flexibility index (Phi) is 4.30. The summed E-state index contributed by atoms with van der Waals surface area (Å²) in [5, 5.41) is 1.06. The molecule has 1 unspecified atom stereocenters. The monoisotopic (exact) mass is 406 g/mol. The van der Waals surface area contributed by atoms with E-state index in [1.807, 2.05) is 36.4 Å². The second-order valence-electron chi connectivity index (χ2n) is 4.54. The molecular formula is C15H12Br2N4. The molecule has 3 aromatic rings. The zero-order valence-corrected chi connectivity index (χ0v) is 14.1. The predicted molar refractivity (Wildman–Crippen MR) is 90.5 cm³/mol. The van der Waals surface area contributed by atoms with Crippen LogP contribution in [0.2, 0.25) is 0 Å². The average molecular weight is 408 g/mol. The van der Waals surface area contributed by atoms with Crippen LogP contribution in [0.15, 0.2) is 57.7 Å². The van der Waals surface area contributed by atoms with Gasteiger partial charge in [0.25, 0.3) is 0 Å². The number of aromatic nitrogens is 2. The lowest BCUT2D eigenvalue weighted by Crippen LogP contribution is -2.30. The third-order valence-corrected chi connectivity index (χ3v) is 4.34. The Morgan fingerprint density at radius 3 is 2.71 bits per heavy atom. The average Bonchev–Trinajstić information content (AvgIpc) is 2.50. The number of benzene rings is 1. The molecule has 0 saturated carbocycles. The highest BCUT2D eigenvalue weighted by Gasteiger charge is 2.19. The zero-order valence-electron chi connectivity index (χ0n) is 10.9. The fourth-order valence-electron chi connectivity index (χ4n) is 2.33. The summed E-state index contributed by atoms with van der Waals surface area (Å²) in [4.78, 5) is 8.86. The first kappa shape index (κ1) is 14.6. The van der Waals surface area contributed by atoms with Gasteiger partial charge < -0.3 is 0 Å². The summed E-state index contributed by atoms with van der Waals surface area (Å²) in [7, 11) is 0. The summed E-state index contributed by atoms with van der Waals surface area (Å²) in [5.41, 5.74) is 5.66. The number of nitrogens with zero attached hydrogens (tertiary/aromatic N) is 2. The Morgan fingerprint density at radius 1 is 1.10 bits per heavy atom. The number of pyridine rings is 2. The topological polar surface area (TPSA) is 63.8 Å². The van der Waals surface area contributed by atoms with E-state index in [2.05, 4.69) is 47.3 Å². The molecule has 1 atom stereocenters. The maximum atomic E-state index is 5.79. The van der Waals surface area contributed by atoms with E-state index in [0.717, 1.165) is 31.1 Å². The number of halogens is 2. The van der Waals surface area contributed by atoms with Crippen molar-refractivity contribution in [2.24, 2.45) is 5.84 Å². The molecular weight excluding hydrogens is 396 g/mol. The van der Waals surface area contributed by atoms with Gasteiger partial charge in [0, 0.05) is 26.7 Å². The minimum Gasteiger partial charge on any atom is -0.271 e. The fourth-order valence-corrected chi connectivity index (χ4v) is 3.55. The molecule has 0 radical (unpaired) electrons. The van der Waals surface area contributed by atoms with Gasteiger partial charge in [0.15, 0.2) is 0 Å². The molecule has 0 fully saturated rings. The second kappa shape index (κ2) is 6.19. The standard InChI is InChI=1S/C15H12Br2N4/c16-9-7-12(17)15(20-8-9)14(21-18)11-3-1-5-13-10(11)4-2-6-19-13/h1-8,14,21H,18H2. The van der Waals surface area contributed by atoms with E-state index >= 15 is 0 Å². The fraction of sp³-hybridized carbons (Fsp3) is 0.0667. The van der Waals surface area contributed by atoms with E-state index in [9.17, 15) is 0 Å². The van der Waals surface area contributed by atoms with Crippen LogP contribution in [0, 0.1) is 0 Å². The second-order valence-corrected chi connectivity index (χ2v) is 6.31. The zero-order chi connectivity index (χ0) is 14.8. The van der Waals surface area contributed by atoms with Crippen LogP contribution >= 0.6 is 31.9 Å². The Morgan fingerprint density at radius 2 is 1.95 bits per heavy atom. The SMILES string of the molecule is NNC(c1ncc(Br)cc1Br)c1cccc2ncccc12. The molecule has 3 rings (SSSR count). The molecule has 6 heteroatoms. The Bertz CT molecular complexity index is 786. The minimum atomic E-state index is -0.222. The molecule has 0 saturated heterocycles. The summed E-state index contributed by atoms with van der Waals surface area (Å²) < 4.78 is 1.80. The van der Waals surface area contributed by atoms with Gasteiger partial charge in [0.1, 0.15) is 0 Å². The van der Waals surface area contributed by atoms with Crippen LogP contribution in [-0.4, -0.2) is 9.97 Å². The third kappa shape index (κ3) is 2.85. The van der Waals surface area contributed by atoms with Gasteiger partial charge in [-0.3, -0.25) is 15.8 Å². The Labute approximate surface area is 139 Å². The van der Waals surface area contributed by atoms with Crippen molar-refractivity contribution in [3.8, 4) is 0 Å². The largest absolute Gasteiger partial charge is 0.271 e. The summed E-state index contributed by atoms with van der Waals surface area (Å²) in [6.07, 6.45) is 3.54. The number of hydrogen-bond acceptors (Lipinski definition) is 4. The first-order valence-corrected chi connectivity index (χ1v) is 7.90. The van der Waals surface area contributed by atoms with Crippen molar-refractivity contribution in [1.82, 2.24) is 15.4 Å². The molecule has 2 aromatic heterocycles. The number of nitrogens with one attached hydrogen (secondary N) is 1. The highest BCUT2D eigenvalue weighted by Crippen LogP contribution is 2.31. The summed E-state index contributed by atoms with van der Waals surface area (Å²) in [6.45, 7) is 0. The molecule has 2 heterocycles. The van der Waals surface area contributed by atoms with Gasteiger partial charge in [-0.1, -0.05) is 18.2 Å². The van der Waals surface area contributed by atoms with Gasteiger partial charge in [-0.15, -0.1) is 0 Å². The van der Waals surface area contributed by atoms with Gasteiger partial charge in [-0.2, -0.15) is 0 Å². The molecule has 0 spiro atoms. The quantitative estimate of drug-likeness (QED) is 0.513. The molecule has 0 aliphatic rings. The summed E-state index contributed by atoms with van der Waals surface area (Å²) in [5.74, 6) is 5.79. The molecule has 1 aromatic carbocycles. The van der Waals surface area contributed by atoms with E-state index in [1.165, 1.54) is 0 Å². The maximum absolute atomic E-state index is 5.79. The number of hydrogen-bond donors (Lipinski definition) is 2. The van der Waals surface area contributed by atoms with Crippen LogP contribution in [-0.2, 0) is 0 Å². The van der Waals surface area contributed by atoms with Crippen molar-refractivity contribution in [2.45, 2.75) is 6.04 Å². The maximum Gasteiger partial charge on any atom is 0.0899 e. The van der Waals surface area contributed by atoms with E-state index in [1.54, 1.807) is 12.4 Å². The van der Waals surface area contributed by atoms with Crippen LogP contribution in [0.5, 0.6) is 0 Å². The number of hydrazine groups is 1. The van der Waals surface area contributed by atoms with Gasteiger partial charge >= 0.3 is 0 Å². The van der Waals surface area contributed by atoms with Crippen LogP contribution in [0.3, 0.4) is 0 Å². The van der Waals surface area contributed by atoms with E-state index in [4.69, 9.17) is 5.84 Å². The molecule has 0 amide bonds. The normalized spacial score (nSPS) is 12.5. The van der Waals surface area contributed by atoms with Crippen LogP contribution in [0.25, 0.3) is 10.9 Å². The van der Waals surface area contributed by atoms with Crippen molar-refractivity contribution in [1.29, 1.82) is 0 Å². The third-order valence-electron chi connectivity index (χ3n) is 3.27.